The second-order valence-corrected chi connectivity index (χ2v) is 5.12. The third-order valence-corrected chi connectivity index (χ3v) is 3.64. The van der Waals surface area contributed by atoms with Crippen LogP contribution in [0.4, 0.5) is 0 Å². The standard InChI is InChI=1S/C17H19NO5/c1-22-14(20)10-6-5-9-13(19)15-11-7-3-4-8-12(11)18-16(15)17(21)23-2/h3-4,7-8,18H,5-6,9-10H2,1-2H3. The van der Waals surface area contributed by atoms with E-state index >= 15 is 0 Å². The van der Waals surface area contributed by atoms with Crippen molar-refractivity contribution >= 4 is 28.6 Å². The fraction of sp³-hybridized carbons (Fsp3) is 0.353. The van der Waals surface area contributed by atoms with E-state index in [0.29, 0.717) is 29.3 Å². The lowest BCUT2D eigenvalue weighted by molar-refractivity contribution is -0.140. The van der Waals surface area contributed by atoms with Gasteiger partial charge in [0.2, 0.25) is 0 Å². The maximum atomic E-state index is 12.5. The molecule has 0 aliphatic carbocycles. The normalized spacial score (nSPS) is 10.5. The summed E-state index contributed by atoms with van der Waals surface area (Å²) >= 11 is 0. The molecule has 0 saturated heterocycles. The maximum absolute atomic E-state index is 12.5. The number of H-pyrrole nitrogens is 1. The monoisotopic (exact) mass is 317 g/mol. The van der Waals surface area contributed by atoms with Gasteiger partial charge in [-0.25, -0.2) is 4.79 Å². The Kier molecular flexibility index (Phi) is 5.51. The molecule has 0 aliphatic heterocycles. The van der Waals surface area contributed by atoms with Crippen LogP contribution in [-0.4, -0.2) is 36.9 Å². The number of carbonyl (C=O) groups is 3. The number of carbonyl (C=O) groups excluding carboxylic acids is 3. The number of unbranched alkanes of at least 4 members (excludes halogenated alkanes) is 1. The van der Waals surface area contributed by atoms with Crippen molar-refractivity contribution < 1.29 is 23.9 Å². The van der Waals surface area contributed by atoms with Crippen molar-refractivity contribution in [1.29, 1.82) is 0 Å². The zero-order chi connectivity index (χ0) is 16.8. The Bertz CT molecular complexity index is 732. The van der Waals surface area contributed by atoms with Gasteiger partial charge in [0.25, 0.3) is 0 Å². The molecule has 0 aliphatic rings. The highest BCUT2D eigenvalue weighted by Gasteiger charge is 2.23. The molecule has 0 fully saturated rings. The van der Waals surface area contributed by atoms with Gasteiger partial charge in [-0.1, -0.05) is 18.2 Å². The van der Waals surface area contributed by atoms with E-state index in [1.165, 1.54) is 14.2 Å². The predicted molar refractivity (Wildman–Crippen MR) is 84.5 cm³/mol. The lowest BCUT2D eigenvalue weighted by atomic mass is 10.0. The first-order valence-electron chi connectivity index (χ1n) is 7.37. The summed E-state index contributed by atoms with van der Waals surface area (Å²) in [5.41, 5.74) is 1.24. The molecule has 0 radical (unpaired) electrons. The molecule has 2 rings (SSSR count). The number of ether oxygens (including phenoxy) is 2. The van der Waals surface area contributed by atoms with Crippen LogP contribution in [0.25, 0.3) is 10.9 Å². The Morgan fingerprint density at radius 3 is 2.39 bits per heavy atom. The van der Waals surface area contributed by atoms with Crippen molar-refractivity contribution in [2.45, 2.75) is 25.7 Å². The van der Waals surface area contributed by atoms with E-state index in [-0.39, 0.29) is 30.3 Å². The van der Waals surface area contributed by atoms with Gasteiger partial charge in [0.15, 0.2) is 5.78 Å². The highest BCUT2D eigenvalue weighted by molar-refractivity contribution is 6.15. The van der Waals surface area contributed by atoms with Gasteiger partial charge in [-0.05, 0) is 18.9 Å². The van der Waals surface area contributed by atoms with Crippen LogP contribution in [0.1, 0.15) is 46.5 Å². The molecule has 0 bridgehead atoms. The molecule has 0 spiro atoms. The number of nitrogens with one attached hydrogen (secondary N) is 1. The molecule has 122 valence electrons. The first-order chi connectivity index (χ1) is 11.1. The number of aromatic amines is 1. The van der Waals surface area contributed by atoms with Gasteiger partial charge in [0, 0.05) is 23.7 Å². The number of para-hydroxylation sites is 1. The maximum Gasteiger partial charge on any atom is 0.355 e. The molecule has 0 saturated carbocycles. The topological polar surface area (TPSA) is 85.5 Å². The van der Waals surface area contributed by atoms with Crippen LogP contribution in [0.3, 0.4) is 0 Å². The van der Waals surface area contributed by atoms with Gasteiger partial charge >= 0.3 is 11.9 Å². The minimum absolute atomic E-state index is 0.146. The number of rotatable bonds is 7. The minimum atomic E-state index is -0.570. The largest absolute Gasteiger partial charge is 0.469 e. The van der Waals surface area contributed by atoms with Crippen molar-refractivity contribution in [3.63, 3.8) is 0 Å². The third-order valence-electron chi connectivity index (χ3n) is 3.64. The summed E-state index contributed by atoms with van der Waals surface area (Å²) in [6.07, 6.45) is 1.65. The summed E-state index contributed by atoms with van der Waals surface area (Å²) in [4.78, 5) is 38.4. The van der Waals surface area contributed by atoms with Gasteiger partial charge in [-0.15, -0.1) is 0 Å². The molecule has 1 aromatic carbocycles. The molecule has 23 heavy (non-hydrogen) atoms. The Hall–Kier alpha value is -2.63. The highest BCUT2D eigenvalue weighted by Crippen LogP contribution is 2.25. The molecule has 6 heteroatoms. The van der Waals surface area contributed by atoms with Crippen molar-refractivity contribution in [3.05, 3.63) is 35.5 Å². The van der Waals surface area contributed by atoms with E-state index in [2.05, 4.69) is 9.72 Å². The lowest BCUT2D eigenvalue weighted by Gasteiger charge is -2.03. The zero-order valence-corrected chi connectivity index (χ0v) is 13.2. The molecule has 0 unspecified atom stereocenters. The van der Waals surface area contributed by atoms with Crippen LogP contribution in [-0.2, 0) is 14.3 Å². The highest BCUT2D eigenvalue weighted by atomic mass is 16.5. The first-order valence-corrected chi connectivity index (χ1v) is 7.37. The van der Waals surface area contributed by atoms with Crippen molar-refractivity contribution in [2.75, 3.05) is 14.2 Å². The molecule has 0 amide bonds. The summed E-state index contributed by atoms with van der Waals surface area (Å²) in [6.45, 7) is 0. The number of aromatic nitrogens is 1. The average Bonchev–Trinajstić information content (AvgIpc) is 2.97. The fourth-order valence-corrected chi connectivity index (χ4v) is 2.47. The van der Waals surface area contributed by atoms with Crippen LogP contribution in [0.2, 0.25) is 0 Å². The molecule has 0 atom stereocenters. The van der Waals surface area contributed by atoms with Gasteiger partial charge in [0.1, 0.15) is 5.69 Å². The van der Waals surface area contributed by atoms with Crippen molar-refractivity contribution in [3.8, 4) is 0 Å². The molecule has 1 N–H and O–H groups in total. The Morgan fingerprint density at radius 1 is 1.00 bits per heavy atom. The third kappa shape index (κ3) is 3.77. The van der Waals surface area contributed by atoms with Crippen LogP contribution in [0, 0.1) is 0 Å². The predicted octanol–water partition coefficient (Wildman–Crippen LogP) is 2.87. The Morgan fingerprint density at radius 2 is 1.70 bits per heavy atom. The smallest absolute Gasteiger partial charge is 0.355 e. The minimum Gasteiger partial charge on any atom is -0.469 e. The quantitative estimate of drug-likeness (QED) is 0.482. The number of Topliss-reactive ketones (excluding diaryl/α,β-unsaturated/α-hetero) is 1. The number of hydrogen-bond donors (Lipinski definition) is 1. The number of methoxy groups -OCH3 is 2. The first kappa shape index (κ1) is 16.7. The Balaban J connectivity index is 2.18. The van der Waals surface area contributed by atoms with E-state index in [0.717, 1.165) is 0 Å². The van der Waals surface area contributed by atoms with Crippen molar-refractivity contribution in [1.82, 2.24) is 4.98 Å². The fourth-order valence-electron chi connectivity index (χ4n) is 2.47. The molecule has 1 heterocycles. The summed E-state index contributed by atoms with van der Waals surface area (Å²) in [5.74, 6) is -1.01. The number of ketones is 1. The second-order valence-electron chi connectivity index (χ2n) is 5.12. The van der Waals surface area contributed by atoms with E-state index in [1.54, 1.807) is 12.1 Å². The van der Waals surface area contributed by atoms with Gasteiger partial charge in [-0.3, -0.25) is 9.59 Å². The van der Waals surface area contributed by atoms with E-state index in [4.69, 9.17) is 4.74 Å². The molecule has 6 nitrogen and oxygen atoms in total. The second kappa shape index (κ2) is 7.58. The molecular formula is C17H19NO5. The van der Waals surface area contributed by atoms with Gasteiger partial charge in [-0.2, -0.15) is 0 Å². The molecular weight excluding hydrogens is 298 g/mol. The van der Waals surface area contributed by atoms with Crippen LogP contribution in [0.5, 0.6) is 0 Å². The van der Waals surface area contributed by atoms with Crippen LogP contribution < -0.4 is 0 Å². The van der Waals surface area contributed by atoms with E-state index in [9.17, 15) is 14.4 Å². The van der Waals surface area contributed by atoms with Gasteiger partial charge in [0.05, 0.1) is 19.8 Å². The van der Waals surface area contributed by atoms with Crippen LogP contribution >= 0.6 is 0 Å². The SMILES string of the molecule is COC(=O)CCCCC(=O)c1c(C(=O)OC)[nH]c2ccccc12. The lowest BCUT2D eigenvalue weighted by Crippen LogP contribution is -2.10. The van der Waals surface area contributed by atoms with E-state index in [1.807, 2.05) is 12.1 Å². The summed E-state index contributed by atoms with van der Waals surface area (Å²) in [6, 6.07) is 7.23. The number of esters is 2. The number of hydrogen-bond acceptors (Lipinski definition) is 5. The Labute approximate surface area is 133 Å². The zero-order valence-electron chi connectivity index (χ0n) is 13.2. The van der Waals surface area contributed by atoms with Crippen molar-refractivity contribution in [2.24, 2.45) is 0 Å². The van der Waals surface area contributed by atoms with Crippen LogP contribution in [0.15, 0.2) is 24.3 Å². The average molecular weight is 317 g/mol. The summed E-state index contributed by atoms with van der Waals surface area (Å²) in [5, 5.41) is 0.700. The summed E-state index contributed by atoms with van der Waals surface area (Å²) < 4.78 is 9.31. The van der Waals surface area contributed by atoms with Gasteiger partial charge < -0.3 is 14.5 Å². The molecule has 2 aromatic rings. The van der Waals surface area contributed by atoms with E-state index < -0.39 is 5.97 Å². The number of fused-ring (bicyclic) bond motifs is 1. The summed E-state index contributed by atoms with van der Waals surface area (Å²) in [7, 11) is 2.61. The molecule has 1 aromatic heterocycles. The number of benzene rings is 1.